The van der Waals surface area contributed by atoms with Crippen LogP contribution in [-0.4, -0.2) is 5.11 Å². The van der Waals surface area contributed by atoms with Gasteiger partial charge in [0, 0.05) is 4.91 Å². The van der Waals surface area contributed by atoms with Crippen LogP contribution in [0.2, 0.25) is 0 Å². The molecular formula is C6HF4N3O. The number of phenols is 1. The highest BCUT2D eigenvalue weighted by Crippen LogP contribution is 2.35. The summed E-state index contributed by atoms with van der Waals surface area (Å²) in [5.41, 5.74) is 6.55. The molecule has 0 amide bonds. The second-order valence-electron chi connectivity index (χ2n) is 2.14. The number of phenolic OH excluding ortho intramolecular Hbond substituents is 1. The van der Waals surface area contributed by atoms with Crippen LogP contribution in [0.1, 0.15) is 0 Å². The molecule has 1 rings (SSSR count). The molecule has 1 aromatic rings. The van der Waals surface area contributed by atoms with Crippen LogP contribution in [-0.2, 0) is 0 Å². The Morgan fingerprint density at radius 3 is 2.00 bits per heavy atom. The van der Waals surface area contributed by atoms with Gasteiger partial charge in [0.25, 0.3) is 0 Å². The normalized spacial score (nSPS) is 9.71. The molecule has 0 saturated carbocycles. The third-order valence-corrected chi connectivity index (χ3v) is 1.36. The molecule has 0 bridgehead atoms. The molecule has 8 heteroatoms. The van der Waals surface area contributed by atoms with Crippen LogP contribution in [0.25, 0.3) is 10.4 Å². The summed E-state index contributed by atoms with van der Waals surface area (Å²) in [6.07, 6.45) is 0. The van der Waals surface area contributed by atoms with E-state index in [1.807, 2.05) is 4.91 Å². The van der Waals surface area contributed by atoms with Crippen molar-refractivity contribution in [3.63, 3.8) is 0 Å². The molecule has 0 radical (unpaired) electrons. The molecule has 0 atom stereocenters. The number of azide groups is 1. The number of hydrogen-bond acceptors (Lipinski definition) is 2. The molecule has 0 heterocycles. The Bertz CT molecular complexity index is 412. The van der Waals surface area contributed by atoms with E-state index in [4.69, 9.17) is 10.6 Å². The Labute approximate surface area is 74.0 Å². The number of benzene rings is 1. The molecule has 0 unspecified atom stereocenters. The minimum atomic E-state index is -2.17. The first-order valence-corrected chi connectivity index (χ1v) is 3.10. The summed E-state index contributed by atoms with van der Waals surface area (Å²) in [5.74, 6) is -9.84. The molecule has 1 N–H and O–H groups in total. The fraction of sp³-hybridized carbons (Fsp3) is 0. The fourth-order valence-corrected chi connectivity index (χ4v) is 0.744. The molecule has 0 aromatic heterocycles. The molecule has 0 fully saturated rings. The van der Waals surface area contributed by atoms with Crippen molar-refractivity contribution < 1.29 is 22.7 Å². The maximum Gasteiger partial charge on any atom is 0.204 e. The average molecular weight is 207 g/mol. The smallest absolute Gasteiger partial charge is 0.204 e. The number of rotatable bonds is 1. The third-order valence-electron chi connectivity index (χ3n) is 1.36. The lowest BCUT2D eigenvalue weighted by molar-refractivity contribution is 0.367. The van der Waals surface area contributed by atoms with E-state index in [1.54, 1.807) is 0 Å². The fourth-order valence-electron chi connectivity index (χ4n) is 0.744. The van der Waals surface area contributed by atoms with Gasteiger partial charge in [-0.3, -0.25) is 0 Å². The second-order valence-corrected chi connectivity index (χ2v) is 2.14. The van der Waals surface area contributed by atoms with E-state index < -0.39 is 34.7 Å². The monoisotopic (exact) mass is 207 g/mol. The highest BCUT2D eigenvalue weighted by Gasteiger charge is 2.24. The summed E-state index contributed by atoms with van der Waals surface area (Å²) in [5, 5.41) is 11.2. The predicted octanol–water partition coefficient (Wildman–Crippen LogP) is 2.89. The van der Waals surface area contributed by atoms with E-state index >= 15 is 0 Å². The largest absolute Gasteiger partial charge is 0.504 e. The van der Waals surface area contributed by atoms with E-state index in [-0.39, 0.29) is 0 Å². The highest BCUT2D eigenvalue weighted by atomic mass is 19.2. The maximum absolute atomic E-state index is 12.7. The van der Waals surface area contributed by atoms with Gasteiger partial charge in [-0.25, -0.2) is 13.2 Å². The highest BCUT2D eigenvalue weighted by molar-refractivity contribution is 5.53. The van der Waals surface area contributed by atoms with Gasteiger partial charge in [-0.2, -0.15) is 4.39 Å². The lowest BCUT2D eigenvalue weighted by Crippen LogP contribution is -1.96. The molecule has 14 heavy (non-hydrogen) atoms. The van der Waals surface area contributed by atoms with E-state index in [0.717, 1.165) is 0 Å². The number of halogens is 4. The summed E-state index contributed by atoms with van der Waals surface area (Å²) in [6, 6.07) is 0. The molecule has 0 spiro atoms. The van der Waals surface area contributed by atoms with Crippen molar-refractivity contribution in [2.75, 3.05) is 0 Å². The van der Waals surface area contributed by atoms with Crippen molar-refractivity contribution in [3.05, 3.63) is 33.7 Å². The maximum atomic E-state index is 12.7. The van der Waals surface area contributed by atoms with Crippen molar-refractivity contribution in [1.29, 1.82) is 0 Å². The van der Waals surface area contributed by atoms with Crippen molar-refractivity contribution >= 4 is 5.69 Å². The molecule has 1 aromatic carbocycles. The first-order chi connectivity index (χ1) is 6.50. The number of aromatic hydroxyl groups is 1. The van der Waals surface area contributed by atoms with Gasteiger partial charge in [-0.05, 0) is 5.53 Å². The summed E-state index contributed by atoms with van der Waals surface area (Å²) in [6.45, 7) is 0. The van der Waals surface area contributed by atoms with Crippen LogP contribution in [0.3, 0.4) is 0 Å². The minimum Gasteiger partial charge on any atom is -0.504 e. The van der Waals surface area contributed by atoms with Gasteiger partial charge in [-0.1, -0.05) is 5.11 Å². The molecule has 0 aliphatic heterocycles. The molecule has 0 aliphatic carbocycles. The van der Waals surface area contributed by atoms with Crippen LogP contribution in [0.5, 0.6) is 5.75 Å². The van der Waals surface area contributed by atoms with E-state index in [9.17, 15) is 17.6 Å². The van der Waals surface area contributed by atoms with Gasteiger partial charge in [0.2, 0.25) is 11.6 Å². The molecule has 0 saturated heterocycles. The summed E-state index contributed by atoms with van der Waals surface area (Å²) in [7, 11) is 0. The van der Waals surface area contributed by atoms with Gasteiger partial charge in [0.1, 0.15) is 5.69 Å². The van der Waals surface area contributed by atoms with Gasteiger partial charge in [0.05, 0.1) is 0 Å². The summed E-state index contributed by atoms with van der Waals surface area (Å²) >= 11 is 0. The summed E-state index contributed by atoms with van der Waals surface area (Å²) < 4.78 is 50.1. The Kier molecular flexibility index (Phi) is 2.48. The van der Waals surface area contributed by atoms with E-state index in [0.29, 0.717) is 0 Å². The van der Waals surface area contributed by atoms with Crippen molar-refractivity contribution in [2.24, 2.45) is 5.11 Å². The quantitative estimate of drug-likeness (QED) is 0.189. The Hall–Kier alpha value is -1.95. The van der Waals surface area contributed by atoms with Crippen LogP contribution in [0.4, 0.5) is 23.2 Å². The zero-order chi connectivity index (χ0) is 10.9. The Balaban J connectivity index is 3.67. The molecular weight excluding hydrogens is 206 g/mol. The zero-order valence-corrected chi connectivity index (χ0v) is 6.30. The number of nitrogens with zero attached hydrogens (tertiary/aromatic N) is 3. The predicted molar refractivity (Wildman–Crippen MR) is 36.7 cm³/mol. The van der Waals surface area contributed by atoms with Crippen LogP contribution in [0.15, 0.2) is 5.11 Å². The lowest BCUT2D eigenvalue weighted by atomic mass is 10.2. The van der Waals surface area contributed by atoms with Crippen molar-refractivity contribution in [1.82, 2.24) is 0 Å². The Morgan fingerprint density at radius 2 is 1.50 bits per heavy atom. The van der Waals surface area contributed by atoms with E-state index in [2.05, 4.69) is 5.11 Å². The SMILES string of the molecule is [N-]=[N+]=Nc1c(O)c(F)c(F)c(F)c1F. The Morgan fingerprint density at radius 1 is 1.00 bits per heavy atom. The number of hydrogen-bond donors (Lipinski definition) is 1. The van der Waals surface area contributed by atoms with Gasteiger partial charge in [0.15, 0.2) is 17.4 Å². The van der Waals surface area contributed by atoms with Crippen LogP contribution in [0, 0.1) is 23.3 Å². The van der Waals surface area contributed by atoms with Crippen molar-refractivity contribution in [2.45, 2.75) is 0 Å². The second kappa shape index (κ2) is 3.43. The molecule has 74 valence electrons. The first kappa shape index (κ1) is 10.1. The topological polar surface area (TPSA) is 69.0 Å². The lowest BCUT2D eigenvalue weighted by Gasteiger charge is -2.03. The average Bonchev–Trinajstić information content (AvgIpc) is 2.19. The standard InChI is InChI=1S/C6HF4N3O/c7-1-2(8)4(10)6(14)5(3(1)9)12-13-11/h14H. The third kappa shape index (κ3) is 1.31. The molecule has 4 nitrogen and oxygen atoms in total. The van der Waals surface area contributed by atoms with Crippen molar-refractivity contribution in [3.8, 4) is 5.75 Å². The molecule has 0 aliphatic rings. The van der Waals surface area contributed by atoms with Crippen LogP contribution < -0.4 is 0 Å². The van der Waals surface area contributed by atoms with Gasteiger partial charge >= 0.3 is 0 Å². The van der Waals surface area contributed by atoms with E-state index in [1.165, 1.54) is 0 Å². The zero-order valence-electron chi connectivity index (χ0n) is 6.30. The first-order valence-electron chi connectivity index (χ1n) is 3.10. The van der Waals surface area contributed by atoms with Gasteiger partial charge < -0.3 is 5.11 Å². The van der Waals surface area contributed by atoms with Gasteiger partial charge in [-0.15, -0.1) is 0 Å². The summed E-state index contributed by atoms with van der Waals surface area (Å²) in [4.78, 5) is 2.01. The minimum absolute atomic E-state index is 1.32. The van der Waals surface area contributed by atoms with Crippen LogP contribution >= 0.6 is 0 Å².